The number of nitrogens with zero attached hydrogens (tertiary/aromatic N) is 3. The number of anilines is 2. The molecule has 4 rings (SSSR count). The number of thiophene rings is 1. The van der Waals surface area contributed by atoms with Crippen LogP contribution in [0.3, 0.4) is 0 Å². The van der Waals surface area contributed by atoms with Crippen molar-refractivity contribution in [2.24, 2.45) is 0 Å². The van der Waals surface area contributed by atoms with E-state index in [1.165, 1.54) is 0 Å². The van der Waals surface area contributed by atoms with Crippen molar-refractivity contribution >= 4 is 33.1 Å². The highest BCUT2D eigenvalue weighted by Gasteiger charge is 2.23. The molecule has 3 N–H and O–H groups in total. The Morgan fingerprint density at radius 1 is 1.45 bits per heavy atom. The van der Waals surface area contributed by atoms with Crippen LogP contribution in [0.2, 0.25) is 0 Å². The molecule has 22 heavy (non-hydrogen) atoms. The van der Waals surface area contributed by atoms with E-state index in [-0.39, 0.29) is 0 Å². The molecule has 114 valence electrons. The molecular formula is C15H17N5OS. The van der Waals surface area contributed by atoms with Crippen LogP contribution in [0.1, 0.15) is 6.92 Å². The van der Waals surface area contributed by atoms with Gasteiger partial charge in [0, 0.05) is 24.8 Å². The van der Waals surface area contributed by atoms with Crippen molar-refractivity contribution < 1.29 is 4.74 Å². The number of aromatic nitrogens is 3. The van der Waals surface area contributed by atoms with Crippen molar-refractivity contribution in [2.75, 3.05) is 30.4 Å². The number of morpholine rings is 1. The van der Waals surface area contributed by atoms with E-state index in [9.17, 15) is 0 Å². The summed E-state index contributed by atoms with van der Waals surface area (Å²) in [5.41, 5.74) is 9.10. The van der Waals surface area contributed by atoms with Gasteiger partial charge in [-0.1, -0.05) is 0 Å². The van der Waals surface area contributed by atoms with E-state index >= 15 is 0 Å². The molecule has 0 radical (unpaired) electrons. The van der Waals surface area contributed by atoms with Crippen molar-refractivity contribution in [1.29, 1.82) is 0 Å². The van der Waals surface area contributed by atoms with E-state index in [1.54, 1.807) is 17.5 Å². The molecular weight excluding hydrogens is 298 g/mol. The van der Waals surface area contributed by atoms with E-state index in [4.69, 9.17) is 10.5 Å². The van der Waals surface area contributed by atoms with Gasteiger partial charge < -0.3 is 15.4 Å². The third-order valence-corrected chi connectivity index (χ3v) is 5.10. The highest BCUT2D eigenvalue weighted by atomic mass is 32.1. The zero-order chi connectivity index (χ0) is 15.1. The quantitative estimate of drug-likeness (QED) is 0.759. The van der Waals surface area contributed by atoms with Crippen LogP contribution in [-0.4, -0.2) is 41.0 Å². The zero-order valence-electron chi connectivity index (χ0n) is 12.2. The van der Waals surface area contributed by atoms with Gasteiger partial charge in [0.2, 0.25) is 0 Å². The largest absolute Gasteiger partial charge is 0.384 e. The summed E-state index contributed by atoms with van der Waals surface area (Å²) in [6, 6.07) is 6.33. The minimum absolute atomic E-state index is 0.330. The number of rotatable bonds is 2. The van der Waals surface area contributed by atoms with Crippen molar-refractivity contribution in [2.45, 2.75) is 13.0 Å². The molecule has 0 unspecified atom stereocenters. The van der Waals surface area contributed by atoms with Crippen LogP contribution in [0, 0.1) is 0 Å². The van der Waals surface area contributed by atoms with Crippen LogP contribution in [-0.2, 0) is 4.74 Å². The van der Waals surface area contributed by atoms with Gasteiger partial charge in [-0.15, -0.1) is 11.3 Å². The highest BCUT2D eigenvalue weighted by molar-refractivity contribution is 7.22. The van der Waals surface area contributed by atoms with E-state index < -0.39 is 0 Å². The number of nitrogen functional groups attached to an aromatic ring is 1. The maximum absolute atomic E-state index is 6.02. The Bertz CT molecular complexity index is 798. The SMILES string of the molecule is C[C@@H]1COCCN1c1cc(N)nc2cc(-c3ccn[nH]3)sc12. The first-order valence-electron chi connectivity index (χ1n) is 7.26. The van der Waals surface area contributed by atoms with Gasteiger partial charge in [0.25, 0.3) is 0 Å². The molecule has 0 aromatic carbocycles. The molecule has 3 aromatic heterocycles. The first-order valence-corrected chi connectivity index (χ1v) is 8.08. The lowest BCUT2D eigenvalue weighted by molar-refractivity contribution is 0.0991. The predicted octanol–water partition coefficient (Wildman–Crippen LogP) is 2.49. The second kappa shape index (κ2) is 5.26. The van der Waals surface area contributed by atoms with Crippen molar-refractivity contribution in [1.82, 2.24) is 15.2 Å². The second-order valence-electron chi connectivity index (χ2n) is 5.48. The van der Waals surface area contributed by atoms with Crippen LogP contribution < -0.4 is 10.6 Å². The van der Waals surface area contributed by atoms with Gasteiger partial charge in [0.1, 0.15) is 5.82 Å². The molecule has 1 saturated heterocycles. The topological polar surface area (TPSA) is 80.1 Å². The molecule has 0 spiro atoms. The number of hydrogen-bond acceptors (Lipinski definition) is 6. The summed E-state index contributed by atoms with van der Waals surface area (Å²) in [4.78, 5) is 7.96. The third kappa shape index (κ3) is 2.22. The molecule has 0 bridgehead atoms. The molecule has 1 fully saturated rings. The van der Waals surface area contributed by atoms with Crippen LogP contribution in [0.25, 0.3) is 20.8 Å². The molecule has 1 aliphatic rings. The minimum Gasteiger partial charge on any atom is -0.384 e. The average Bonchev–Trinajstić information content (AvgIpc) is 3.15. The van der Waals surface area contributed by atoms with Crippen LogP contribution in [0.15, 0.2) is 24.4 Å². The molecule has 7 heteroatoms. The Morgan fingerprint density at radius 3 is 3.14 bits per heavy atom. The fraction of sp³-hybridized carbons (Fsp3) is 0.333. The number of nitrogens with one attached hydrogen (secondary N) is 1. The van der Waals surface area contributed by atoms with Crippen LogP contribution in [0.5, 0.6) is 0 Å². The number of pyridine rings is 1. The smallest absolute Gasteiger partial charge is 0.126 e. The van der Waals surface area contributed by atoms with Gasteiger partial charge >= 0.3 is 0 Å². The van der Waals surface area contributed by atoms with Gasteiger partial charge in [-0.2, -0.15) is 5.10 Å². The number of fused-ring (bicyclic) bond motifs is 1. The lowest BCUT2D eigenvalue weighted by Gasteiger charge is -2.35. The van der Waals surface area contributed by atoms with Gasteiger partial charge in [-0.25, -0.2) is 4.98 Å². The fourth-order valence-corrected chi connectivity index (χ4v) is 3.95. The maximum atomic E-state index is 6.02. The van der Waals surface area contributed by atoms with Crippen LogP contribution in [0.4, 0.5) is 11.5 Å². The summed E-state index contributed by atoms with van der Waals surface area (Å²) in [6.07, 6.45) is 1.76. The number of nitrogens with two attached hydrogens (primary N) is 1. The summed E-state index contributed by atoms with van der Waals surface area (Å²) in [5.74, 6) is 0.551. The van der Waals surface area contributed by atoms with Gasteiger partial charge in [-0.05, 0) is 19.1 Å². The Kier molecular flexibility index (Phi) is 3.24. The molecule has 1 atom stereocenters. The first kappa shape index (κ1) is 13.5. The maximum Gasteiger partial charge on any atom is 0.126 e. The lowest BCUT2D eigenvalue weighted by Crippen LogP contribution is -2.43. The Hall–Kier alpha value is -2.12. The van der Waals surface area contributed by atoms with Gasteiger partial charge in [-0.3, -0.25) is 5.10 Å². The molecule has 4 heterocycles. The van der Waals surface area contributed by atoms with Crippen molar-refractivity contribution in [3.8, 4) is 10.6 Å². The minimum atomic E-state index is 0.330. The number of hydrogen-bond donors (Lipinski definition) is 2. The lowest BCUT2D eigenvalue weighted by atomic mass is 10.2. The summed E-state index contributed by atoms with van der Waals surface area (Å²) in [6.45, 7) is 4.53. The first-order chi connectivity index (χ1) is 10.7. The Labute approximate surface area is 131 Å². The standard InChI is InChI=1S/C15H17N5OS/c1-9-8-21-5-4-20(9)12-7-14(16)18-11-6-13(22-15(11)12)10-2-3-17-19-10/h2-3,6-7,9H,4-5,8H2,1H3,(H2,16,18)(H,17,19)/t9-/m1/s1. The monoisotopic (exact) mass is 315 g/mol. The van der Waals surface area contributed by atoms with E-state index in [2.05, 4.69) is 33.1 Å². The van der Waals surface area contributed by atoms with Crippen molar-refractivity contribution in [3.05, 3.63) is 24.4 Å². The molecule has 6 nitrogen and oxygen atoms in total. The molecule has 1 aliphatic heterocycles. The molecule has 3 aromatic rings. The Balaban J connectivity index is 1.86. The summed E-state index contributed by atoms with van der Waals surface area (Å²) >= 11 is 1.71. The van der Waals surface area contributed by atoms with Gasteiger partial charge in [0.15, 0.2) is 0 Å². The molecule has 0 amide bonds. The summed E-state index contributed by atoms with van der Waals surface area (Å²) in [5, 5.41) is 7.02. The van der Waals surface area contributed by atoms with Crippen LogP contribution >= 0.6 is 11.3 Å². The van der Waals surface area contributed by atoms with E-state index in [0.717, 1.165) is 46.2 Å². The number of ether oxygens (including phenoxy) is 1. The fourth-order valence-electron chi connectivity index (χ4n) is 2.85. The number of H-pyrrole nitrogens is 1. The number of aromatic amines is 1. The summed E-state index contributed by atoms with van der Waals surface area (Å²) in [7, 11) is 0. The second-order valence-corrected chi connectivity index (χ2v) is 6.53. The zero-order valence-corrected chi connectivity index (χ0v) is 13.1. The molecule has 0 saturated carbocycles. The van der Waals surface area contributed by atoms with Gasteiger partial charge in [0.05, 0.1) is 39.7 Å². The van der Waals surface area contributed by atoms with E-state index in [1.807, 2.05) is 12.1 Å². The van der Waals surface area contributed by atoms with Crippen molar-refractivity contribution in [3.63, 3.8) is 0 Å². The normalized spacial score (nSPS) is 19.0. The third-order valence-electron chi connectivity index (χ3n) is 3.92. The predicted molar refractivity (Wildman–Crippen MR) is 89.2 cm³/mol. The Morgan fingerprint density at radius 2 is 2.36 bits per heavy atom. The highest BCUT2D eigenvalue weighted by Crippen LogP contribution is 2.39. The molecule has 0 aliphatic carbocycles. The summed E-state index contributed by atoms with van der Waals surface area (Å²) < 4.78 is 6.70. The average molecular weight is 315 g/mol. The van der Waals surface area contributed by atoms with E-state index in [0.29, 0.717) is 11.9 Å².